The molecule has 0 aliphatic carbocycles. The molecule has 25 heavy (non-hydrogen) atoms. The van der Waals surface area contributed by atoms with E-state index in [1.165, 1.54) is 16.7 Å². The maximum absolute atomic E-state index is 12.3. The van der Waals surface area contributed by atoms with Crippen molar-refractivity contribution in [2.75, 3.05) is 25.0 Å². The van der Waals surface area contributed by atoms with Gasteiger partial charge in [-0.1, -0.05) is 24.3 Å². The minimum atomic E-state index is -0.0997. The van der Waals surface area contributed by atoms with E-state index in [2.05, 4.69) is 37.9 Å². The van der Waals surface area contributed by atoms with Gasteiger partial charge in [0.05, 0.1) is 5.69 Å². The number of benzene rings is 2. The van der Waals surface area contributed by atoms with Crippen molar-refractivity contribution in [3.05, 3.63) is 66.5 Å². The predicted octanol–water partition coefficient (Wildman–Crippen LogP) is 1.92. The number of hydrogen-bond donors (Lipinski definition) is 1. The minimum Gasteiger partial charge on any atom is -0.375 e. The minimum absolute atomic E-state index is 0.0997. The van der Waals surface area contributed by atoms with Gasteiger partial charge in [-0.3, -0.25) is 4.79 Å². The Kier molecular flexibility index (Phi) is 5.36. The molecule has 0 saturated carbocycles. The van der Waals surface area contributed by atoms with Crippen LogP contribution in [0.1, 0.15) is 16.8 Å². The lowest BCUT2D eigenvalue weighted by atomic mass is 10.2. The summed E-state index contributed by atoms with van der Waals surface area (Å²) in [6.45, 7) is 1.49. The van der Waals surface area contributed by atoms with E-state index >= 15 is 0 Å². The van der Waals surface area contributed by atoms with Crippen LogP contribution < -0.4 is 10.2 Å². The fourth-order valence-corrected chi connectivity index (χ4v) is 2.50. The maximum atomic E-state index is 12.3. The summed E-state index contributed by atoms with van der Waals surface area (Å²) in [5.74, 6) is -0.0997. The van der Waals surface area contributed by atoms with Crippen LogP contribution in [0, 0.1) is 0 Å². The van der Waals surface area contributed by atoms with Gasteiger partial charge in [0.1, 0.15) is 6.33 Å². The van der Waals surface area contributed by atoms with Crippen LogP contribution in [0.5, 0.6) is 0 Å². The topological polar surface area (TPSA) is 75.9 Å². The SMILES string of the molecule is CN(CCCNC(=O)c1cccc(-n2cnnn2)c1)c1ccccc1. The molecular formula is C18H20N6O. The second kappa shape index (κ2) is 8.05. The monoisotopic (exact) mass is 336 g/mol. The van der Waals surface area contributed by atoms with Gasteiger partial charge in [-0.25, -0.2) is 4.68 Å². The summed E-state index contributed by atoms with van der Waals surface area (Å²) in [6, 6.07) is 17.4. The highest BCUT2D eigenvalue weighted by Gasteiger charge is 2.07. The first kappa shape index (κ1) is 16.6. The smallest absolute Gasteiger partial charge is 0.251 e. The molecule has 0 unspecified atom stereocenters. The van der Waals surface area contributed by atoms with Gasteiger partial charge in [-0.2, -0.15) is 0 Å². The Labute approximate surface area is 146 Å². The summed E-state index contributed by atoms with van der Waals surface area (Å²) in [4.78, 5) is 14.5. The van der Waals surface area contributed by atoms with Crippen molar-refractivity contribution in [2.24, 2.45) is 0 Å². The lowest BCUT2D eigenvalue weighted by Gasteiger charge is -2.19. The Morgan fingerprint density at radius 2 is 2.00 bits per heavy atom. The second-order valence-corrected chi connectivity index (χ2v) is 5.67. The zero-order valence-electron chi connectivity index (χ0n) is 14.0. The van der Waals surface area contributed by atoms with E-state index in [-0.39, 0.29) is 5.91 Å². The van der Waals surface area contributed by atoms with Gasteiger partial charge in [0, 0.05) is 31.4 Å². The Balaban J connectivity index is 1.49. The quantitative estimate of drug-likeness (QED) is 0.667. The number of amides is 1. The molecule has 1 N–H and O–H groups in total. The number of nitrogens with zero attached hydrogens (tertiary/aromatic N) is 5. The molecule has 128 valence electrons. The number of anilines is 1. The van der Waals surface area contributed by atoms with Crippen LogP contribution in [0.15, 0.2) is 60.9 Å². The maximum Gasteiger partial charge on any atom is 0.251 e. The van der Waals surface area contributed by atoms with Crippen molar-refractivity contribution in [2.45, 2.75) is 6.42 Å². The number of carbonyl (C=O) groups is 1. The first-order chi connectivity index (χ1) is 12.2. The van der Waals surface area contributed by atoms with E-state index in [0.29, 0.717) is 12.1 Å². The predicted molar refractivity (Wildman–Crippen MR) is 95.8 cm³/mol. The van der Waals surface area contributed by atoms with E-state index in [1.54, 1.807) is 12.1 Å². The van der Waals surface area contributed by atoms with E-state index in [1.807, 2.05) is 37.4 Å². The van der Waals surface area contributed by atoms with E-state index in [9.17, 15) is 4.79 Å². The summed E-state index contributed by atoms with van der Waals surface area (Å²) >= 11 is 0. The highest BCUT2D eigenvalue weighted by Crippen LogP contribution is 2.11. The van der Waals surface area contributed by atoms with Crippen LogP contribution in [-0.2, 0) is 0 Å². The average Bonchev–Trinajstić information content (AvgIpc) is 3.20. The molecule has 3 aromatic rings. The van der Waals surface area contributed by atoms with Crippen molar-refractivity contribution in [3.63, 3.8) is 0 Å². The molecule has 1 aromatic heterocycles. The third-order valence-electron chi connectivity index (χ3n) is 3.87. The number of tetrazole rings is 1. The van der Waals surface area contributed by atoms with Gasteiger partial charge in [-0.05, 0) is 47.2 Å². The van der Waals surface area contributed by atoms with E-state index in [0.717, 1.165) is 18.7 Å². The molecule has 0 bridgehead atoms. The van der Waals surface area contributed by atoms with Crippen LogP contribution in [0.3, 0.4) is 0 Å². The van der Waals surface area contributed by atoms with Crippen molar-refractivity contribution in [3.8, 4) is 5.69 Å². The number of nitrogens with one attached hydrogen (secondary N) is 1. The number of rotatable bonds is 7. The van der Waals surface area contributed by atoms with Crippen molar-refractivity contribution >= 4 is 11.6 Å². The van der Waals surface area contributed by atoms with Gasteiger partial charge < -0.3 is 10.2 Å². The van der Waals surface area contributed by atoms with E-state index in [4.69, 9.17) is 0 Å². The lowest BCUT2D eigenvalue weighted by Crippen LogP contribution is -2.28. The molecule has 0 aliphatic rings. The van der Waals surface area contributed by atoms with Crippen LogP contribution in [-0.4, -0.2) is 46.3 Å². The molecule has 7 nitrogen and oxygen atoms in total. The average molecular weight is 336 g/mol. The Morgan fingerprint density at radius 1 is 1.16 bits per heavy atom. The molecular weight excluding hydrogens is 316 g/mol. The van der Waals surface area contributed by atoms with Gasteiger partial charge in [-0.15, -0.1) is 5.10 Å². The number of para-hydroxylation sites is 1. The molecule has 7 heteroatoms. The standard InChI is InChI=1S/C18H20N6O/c1-23(16-8-3-2-4-9-16)12-6-11-19-18(25)15-7-5-10-17(13-15)24-14-20-21-22-24/h2-5,7-10,13-14H,6,11-12H2,1H3,(H,19,25). The van der Waals surface area contributed by atoms with E-state index < -0.39 is 0 Å². The fraction of sp³-hybridized carbons (Fsp3) is 0.222. The summed E-state index contributed by atoms with van der Waals surface area (Å²) in [5, 5.41) is 14.0. The van der Waals surface area contributed by atoms with Crippen LogP contribution in [0.2, 0.25) is 0 Å². The molecule has 1 amide bonds. The van der Waals surface area contributed by atoms with Crippen LogP contribution >= 0.6 is 0 Å². The molecule has 2 aromatic carbocycles. The van der Waals surface area contributed by atoms with Gasteiger partial charge in [0.15, 0.2) is 0 Å². The van der Waals surface area contributed by atoms with Gasteiger partial charge >= 0.3 is 0 Å². The van der Waals surface area contributed by atoms with Gasteiger partial charge in [0.25, 0.3) is 5.91 Å². The first-order valence-corrected chi connectivity index (χ1v) is 8.12. The molecule has 0 atom stereocenters. The molecule has 0 saturated heterocycles. The third-order valence-corrected chi connectivity index (χ3v) is 3.87. The molecule has 0 spiro atoms. The normalized spacial score (nSPS) is 10.4. The van der Waals surface area contributed by atoms with Crippen molar-refractivity contribution in [1.82, 2.24) is 25.5 Å². The highest BCUT2D eigenvalue weighted by atomic mass is 16.1. The molecule has 3 rings (SSSR count). The summed E-state index contributed by atoms with van der Waals surface area (Å²) < 4.78 is 1.52. The Morgan fingerprint density at radius 3 is 2.76 bits per heavy atom. The summed E-state index contributed by atoms with van der Waals surface area (Å²) in [7, 11) is 2.05. The molecule has 1 heterocycles. The zero-order chi connectivity index (χ0) is 17.5. The third kappa shape index (κ3) is 4.41. The molecule has 0 aliphatic heterocycles. The Hall–Kier alpha value is -3.22. The summed E-state index contributed by atoms with van der Waals surface area (Å²) in [6.07, 6.45) is 2.36. The number of aromatic nitrogens is 4. The largest absolute Gasteiger partial charge is 0.375 e. The number of carbonyl (C=O) groups excluding carboxylic acids is 1. The molecule has 0 radical (unpaired) electrons. The molecule has 0 fully saturated rings. The Bertz CT molecular complexity index is 803. The number of hydrogen-bond acceptors (Lipinski definition) is 5. The summed E-state index contributed by atoms with van der Waals surface area (Å²) in [5.41, 5.74) is 2.51. The highest BCUT2D eigenvalue weighted by molar-refractivity contribution is 5.94. The van der Waals surface area contributed by atoms with Crippen LogP contribution in [0.4, 0.5) is 5.69 Å². The first-order valence-electron chi connectivity index (χ1n) is 8.12. The lowest BCUT2D eigenvalue weighted by molar-refractivity contribution is 0.0953. The van der Waals surface area contributed by atoms with Crippen LogP contribution in [0.25, 0.3) is 5.69 Å². The fourth-order valence-electron chi connectivity index (χ4n) is 2.50. The second-order valence-electron chi connectivity index (χ2n) is 5.67. The van der Waals surface area contributed by atoms with Crippen molar-refractivity contribution in [1.29, 1.82) is 0 Å². The zero-order valence-corrected chi connectivity index (χ0v) is 14.0. The van der Waals surface area contributed by atoms with Crippen molar-refractivity contribution < 1.29 is 4.79 Å². The van der Waals surface area contributed by atoms with Gasteiger partial charge in [0.2, 0.25) is 0 Å².